The summed E-state index contributed by atoms with van der Waals surface area (Å²) in [5.74, 6) is 0.374. The minimum atomic E-state index is -1.58. The van der Waals surface area contributed by atoms with Crippen molar-refractivity contribution in [1.82, 2.24) is 0 Å². The van der Waals surface area contributed by atoms with Crippen LogP contribution in [0, 0.1) is 10.1 Å². The van der Waals surface area contributed by atoms with Gasteiger partial charge in [0.05, 0.1) is 0 Å². The standard InChI is InChI=1S/C12H15NO8/c14-9-8(6-19-13(17)18)21-12(11(16)10(9)15)20-7-4-2-1-3-5-7/h1-5,8-12,14-16H,6H2/t8-,9-,10+,11-,12+/m1/s1. The third-order valence-corrected chi connectivity index (χ3v) is 3.01. The minimum absolute atomic E-state index is 0.374. The van der Waals surface area contributed by atoms with Crippen molar-refractivity contribution in [2.45, 2.75) is 30.7 Å². The van der Waals surface area contributed by atoms with Crippen molar-refractivity contribution in [3.63, 3.8) is 0 Å². The van der Waals surface area contributed by atoms with E-state index in [9.17, 15) is 25.4 Å². The van der Waals surface area contributed by atoms with E-state index >= 15 is 0 Å². The van der Waals surface area contributed by atoms with Crippen molar-refractivity contribution in [3.05, 3.63) is 40.4 Å². The highest BCUT2D eigenvalue weighted by Crippen LogP contribution is 2.24. The summed E-state index contributed by atoms with van der Waals surface area (Å²) in [6.45, 7) is -0.591. The van der Waals surface area contributed by atoms with Crippen molar-refractivity contribution < 1.29 is 34.7 Å². The van der Waals surface area contributed by atoms with E-state index in [1.54, 1.807) is 30.3 Å². The molecule has 21 heavy (non-hydrogen) atoms. The van der Waals surface area contributed by atoms with Gasteiger partial charge < -0.3 is 29.6 Å². The highest BCUT2D eigenvalue weighted by atomic mass is 17.0. The van der Waals surface area contributed by atoms with Crippen LogP contribution in [0.5, 0.6) is 5.75 Å². The number of nitrogens with zero attached hydrogens (tertiary/aromatic N) is 1. The highest BCUT2D eigenvalue weighted by molar-refractivity contribution is 5.21. The highest BCUT2D eigenvalue weighted by Gasteiger charge is 2.45. The second-order valence-electron chi connectivity index (χ2n) is 4.46. The summed E-state index contributed by atoms with van der Waals surface area (Å²) in [4.78, 5) is 14.3. The number of aliphatic hydroxyl groups is 3. The van der Waals surface area contributed by atoms with Crippen molar-refractivity contribution in [1.29, 1.82) is 0 Å². The molecule has 5 atom stereocenters. The Hall–Kier alpha value is -1.94. The quantitative estimate of drug-likeness (QED) is 0.470. The molecule has 1 aromatic carbocycles. The van der Waals surface area contributed by atoms with Crippen LogP contribution in [0.15, 0.2) is 30.3 Å². The van der Waals surface area contributed by atoms with Gasteiger partial charge in [0.15, 0.2) is 0 Å². The molecule has 1 aliphatic rings. The van der Waals surface area contributed by atoms with Gasteiger partial charge in [0.2, 0.25) is 6.29 Å². The molecule has 116 valence electrons. The predicted octanol–water partition coefficient (Wildman–Crippen LogP) is -0.919. The van der Waals surface area contributed by atoms with Gasteiger partial charge in [-0.25, -0.2) is 0 Å². The zero-order valence-electron chi connectivity index (χ0n) is 10.8. The van der Waals surface area contributed by atoms with Gasteiger partial charge in [0, 0.05) is 0 Å². The van der Waals surface area contributed by atoms with Gasteiger partial charge in [0.25, 0.3) is 5.09 Å². The number of benzene rings is 1. The molecule has 0 aliphatic carbocycles. The summed E-state index contributed by atoms with van der Waals surface area (Å²) < 4.78 is 10.6. The Labute approximate surface area is 119 Å². The fourth-order valence-electron chi connectivity index (χ4n) is 1.92. The molecule has 2 rings (SSSR count). The molecule has 9 nitrogen and oxygen atoms in total. The van der Waals surface area contributed by atoms with E-state index in [2.05, 4.69) is 4.84 Å². The van der Waals surface area contributed by atoms with Gasteiger partial charge in [-0.05, 0) is 12.1 Å². The molecule has 9 heteroatoms. The fraction of sp³-hybridized carbons (Fsp3) is 0.500. The number of ether oxygens (including phenoxy) is 2. The maximum atomic E-state index is 10.2. The molecule has 1 fully saturated rings. The van der Waals surface area contributed by atoms with Crippen molar-refractivity contribution in [2.24, 2.45) is 0 Å². The first-order valence-electron chi connectivity index (χ1n) is 6.17. The van der Waals surface area contributed by atoms with Crippen molar-refractivity contribution >= 4 is 0 Å². The second-order valence-corrected chi connectivity index (χ2v) is 4.46. The Balaban J connectivity index is 2.04. The average molecular weight is 301 g/mol. The first kappa shape index (κ1) is 15.4. The van der Waals surface area contributed by atoms with Crippen LogP contribution in [0.4, 0.5) is 0 Å². The van der Waals surface area contributed by atoms with Crippen LogP contribution in [0.1, 0.15) is 0 Å². The third-order valence-electron chi connectivity index (χ3n) is 3.01. The van der Waals surface area contributed by atoms with Gasteiger partial charge in [-0.1, -0.05) is 18.2 Å². The van der Waals surface area contributed by atoms with Crippen LogP contribution in [-0.4, -0.2) is 57.7 Å². The molecule has 1 aromatic rings. The molecule has 0 radical (unpaired) electrons. The van der Waals surface area contributed by atoms with E-state index in [0.29, 0.717) is 5.75 Å². The van der Waals surface area contributed by atoms with E-state index in [4.69, 9.17) is 9.47 Å². The average Bonchev–Trinajstić information content (AvgIpc) is 2.47. The maximum absolute atomic E-state index is 10.2. The summed E-state index contributed by atoms with van der Waals surface area (Å²) >= 11 is 0. The normalized spacial score (nSPS) is 32.4. The minimum Gasteiger partial charge on any atom is -0.462 e. The van der Waals surface area contributed by atoms with Gasteiger partial charge in [-0.2, -0.15) is 0 Å². The van der Waals surface area contributed by atoms with E-state index < -0.39 is 42.4 Å². The van der Waals surface area contributed by atoms with Gasteiger partial charge >= 0.3 is 0 Å². The fourth-order valence-corrected chi connectivity index (χ4v) is 1.92. The Bertz CT molecular complexity index is 470. The molecule has 0 aromatic heterocycles. The molecule has 1 heterocycles. The molecule has 0 spiro atoms. The van der Waals surface area contributed by atoms with Crippen LogP contribution in [0.3, 0.4) is 0 Å². The van der Waals surface area contributed by atoms with Crippen LogP contribution in [0.25, 0.3) is 0 Å². The van der Waals surface area contributed by atoms with Crippen LogP contribution in [0.2, 0.25) is 0 Å². The number of rotatable bonds is 5. The molecular formula is C12H15NO8. The Kier molecular flexibility index (Phi) is 4.91. The molecule has 0 saturated carbocycles. The van der Waals surface area contributed by atoms with Gasteiger partial charge in [0.1, 0.15) is 36.8 Å². The van der Waals surface area contributed by atoms with E-state index in [0.717, 1.165) is 0 Å². The summed E-state index contributed by atoms with van der Waals surface area (Å²) in [7, 11) is 0. The summed E-state index contributed by atoms with van der Waals surface area (Å²) in [6, 6.07) is 8.37. The summed E-state index contributed by atoms with van der Waals surface area (Å²) in [5, 5.41) is 38.4. The summed E-state index contributed by atoms with van der Waals surface area (Å²) in [5.41, 5.74) is 0. The van der Waals surface area contributed by atoms with Gasteiger partial charge in [-0.3, -0.25) is 0 Å². The SMILES string of the molecule is O=[N+]([O-])OC[C@H]1O[C@H](Oc2ccccc2)[C@H](O)[C@@H](O)[C@@H]1O. The number of aliphatic hydroxyl groups excluding tert-OH is 3. The molecule has 0 amide bonds. The first-order valence-corrected chi connectivity index (χ1v) is 6.17. The third kappa shape index (κ3) is 3.79. The lowest BCUT2D eigenvalue weighted by Crippen LogP contribution is -2.60. The molecule has 1 aliphatic heterocycles. The lowest BCUT2D eigenvalue weighted by molar-refractivity contribution is -0.760. The Morgan fingerprint density at radius 1 is 1.14 bits per heavy atom. The topological polar surface area (TPSA) is 132 Å². The molecule has 1 saturated heterocycles. The smallest absolute Gasteiger partial charge is 0.294 e. The number of para-hydroxylation sites is 1. The Morgan fingerprint density at radius 3 is 2.43 bits per heavy atom. The van der Waals surface area contributed by atoms with Crippen molar-refractivity contribution in [2.75, 3.05) is 6.61 Å². The first-order chi connectivity index (χ1) is 9.99. The lowest BCUT2D eigenvalue weighted by Gasteiger charge is -2.39. The monoisotopic (exact) mass is 301 g/mol. The van der Waals surface area contributed by atoms with E-state index in [1.165, 1.54) is 0 Å². The largest absolute Gasteiger partial charge is 0.462 e. The van der Waals surface area contributed by atoms with Crippen LogP contribution < -0.4 is 4.74 Å². The molecule has 0 unspecified atom stereocenters. The van der Waals surface area contributed by atoms with Crippen LogP contribution in [-0.2, 0) is 9.57 Å². The Morgan fingerprint density at radius 2 is 1.81 bits per heavy atom. The predicted molar refractivity (Wildman–Crippen MR) is 66.7 cm³/mol. The molecular weight excluding hydrogens is 286 g/mol. The second kappa shape index (κ2) is 6.68. The van der Waals surface area contributed by atoms with Gasteiger partial charge in [-0.15, -0.1) is 10.1 Å². The zero-order valence-corrected chi connectivity index (χ0v) is 10.8. The van der Waals surface area contributed by atoms with E-state index in [-0.39, 0.29) is 0 Å². The molecule has 0 bridgehead atoms. The van der Waals surface area contributed by atoms with E-state index in [1.807, 2.05) is 0 Å². The van der Waals surface area contributed by atoms with Crippen molar-refractivity contribution in [3.8, 4) is 5.75 Å². The lowest BCUT2D eigenvalue weighted by atomic mass is 9.99. The summed E-state index contributed by atoms with van der Waals surface area (Å²) in [6.07, 6.45) is -7.11. The maximum Gasteiger partial charge on any atom is 0.294 e. The number of hydrogen-bond donors (Lipinski definition) is 3. The molecule has 3 N–H and O–H groups in total. The number of hydrogen-bond acceptors (Lipinski definition) is 8. The van der Waals surface area contributed by atoms with Crippen LogP contribution >= 0.6 is 0 Å². The zero-order chi connectivity index (χ0) is 15.4.